The number of benzene rings is 2. The van der Waals surface area contributed by atoms with Crippen LogP contribution in [0.2, 0.25) is 0 Å². The van der Waals surface area contributed by atoms with Crippen molar-refractivity contribution in [3.05, 3.63) is 60.4 Å². The smallest absolute Gasteiger partial charge is 0.196 e. The highest BCUT2D eigenvalue weighted by Crippen LogP contribution is 2.28. The molecule has 0 amide bonds. The Morgan fingerprint density at radius 2 is 1.73 bits per heavy atom. The summed E-state index contributed by atoms with van der Waals surface area (Å²) >= 11 is 1.66. The lowest BCUT2D eigenvalue weighted by Crippen LogP contribution is -2.00. The van der Waals surface area contributed by atoms with Crippen LogP contribution in [0.15, 0.2) is 59.8 Å². The van der Waals surface area contributed by atoms with Crippen molar-refractivity contribution in [3.63, 3.8) is 0 Å². The first-order valence-corrected chi connectivity index (χ1v) is 8.17. The Bertz CT molecular complexity index is 738. The Kier molecular flexibility index (Phi) is 4.53. The van der Waals surface area contributed by atoms with Crippen molar-refractivity contribution in [1.29, 1.82) is 0 Å². The zero-order valence-corrected chi connectivity index (χ0v) is 13.1. The highest BCUT2D eigenvalue weighted by atomic mass is 32.2. The summed E-state index contributed by atoms with van der Waals surface area (Å²) in [7, 11) is 0. The van der Waals surface area contributed by atoms with Crippen LogP contribution in [-0.2, 0) is 0 Å². The standard InChI is InChI=1S/C17H16FN3S/c1-2-12-22-17-20-19-16(13-6-4-3-5-7-13)21(17)15-10-8-14(18)9-11-15/h3-11H,2,12H2,1H3. The lowest BCUT2D eigenvalue weighted by Gasteiger charge is -2.10. The third kappa shape index (κ3) is 3.04. The molecular weight excluding hydrogens is 297 g/mol. The van der Waals surface area contributed by atoms with Gasteiger partial charge in [0.05, 0.1) is 0 Å². The minimum atomic E-state index is -0.249. The van der Waals surface area contributed by atoms with Gasteiger partial charge in [0.15, 0.2) is 11.0 Å². The van der Waals surface area contributed by atoms with Gasteiger partial charge in [-0.2, -0.15) is 0 Å². The lowest BCUT2D eigenvalue weighted by molar-refractivity contribution is 0.627. The van der Waals surface area contributed by atoms with Crippen LogP contribution in [0.3, 0.4) is 0 Å². The van der Waals surface area contributed by atoms with Gasteiger partial charge in [0, 0.05) is 17.0 Å². The van der Waals surface area contributed by atoms with Crippen molar-refractivity contribution in [1.82, 2.24) is 14.8 Å². The molecule has 1 heterocycles. The summed E-state index contributed by atoms with van der Waals surface area (Å²) in [4.78, 5) is 0. The van der Waals surface area contributed by atoms with E-state index in [-0.39, 0.29) is 5.82 Å². The number of hydrogen-bond acceptors (Lipinski definition) is 3. The fraction of sp³-hybridized carbons (Fsp3) is 0.176. The summed E-state index contributed by atoms with van der Waals surface area (Å²) in [6.45, 7) is 2.13. The molecule has 0 N–H and O–H groups in total. The van der Waals surface area contributed by atoms with Crippen LogP contribution in [0.4, 0.5) is 4.39 Å². The molecule has 0 saturated carbocycles. The van der Waals surface area contributed by atoms with Crippen LogP contribution in [-0.4, -0.2) is 20.5 Å². The number of nitrogens with zero attached hydrogens (tertiary/aromatic N) is 3. The third-order valence-corrected chi connectivity index (χ3v) is 4.32. The summed E-state index contributed by atoms with van der Waals surface area (Å²) in [5.41, 5.74) is 1.85. The van der Waals surface area contributed by atoms with Crippen LogP contribution in [0.1, 0.15) is 13.3 Å². The largest absolute Gasteiger partial charge is 0.270 e. The molecular formula is C17H16FN3S. The van der Waals surface area contributed by atoms with Gasteiger partial charge in [-0.25, -0.2) is 4.39 Å². The summed E-state index contributed by atoms with van der Waals surface area (Å²) in [6, 6.07) is 16.3. The van der Waals surface area contributed by atoms with E-state index in [1.54, 1.807) is 23.9 Å². The van der Waals surface area contributed by atoms with E-state index in [2.05, 4.69) is 17.1 Å². The fourth-order valence-corrected chi connectivity index (χ4v) is 2.96. The van der Waals surface area contributed by atoms with Gasteiger partial charge < -0.3 is 0 Å². The highest BCUT2D eigenvalue weighted by Gasteiger charge is 2.15. The first-order chi connectivity index (χ1) is 10.8. The van der Waals surface area contributed by atoms with Crippen molar-refractivity contribution in [3.8, 4) is 17.1 Å². The van der Waals surface area contributed by atoms with Crippen molar-refractivity contribution in [2.24, 2.45) is 0 Å². The zero-order valence-electron chi connectivity index (χ0n) is 12.2. The second-order valence-corrected chi connectivity index (χ2v) is 5.89. The van der Waals surface area contributed by atoms with Crippen molar-refractivity contribution in [2.75, 3.05) is 5.75 Å². The molecule has 1 aromatic heterocycles. The third-order valence-electron chi connectivity index (χ3n) is 3.19. The molecule has 3 nitrogen and oxygen atoms in total. The van der Waals surface area contributed by atoms with E-state index in [1.165, 1.54) is 12.1 Å². The Labute approximate surface area is 133 Å². The van der Waals surface area contributed by atoms with Gasteiger partial charge in [-0.3, -0.25) is 4.57 Å². The fourth-order valence-electron chi connectivity index (χ4n) is 2.15. The molecule has 0 aliphatic carbocycles. The minimum Gasteiger partial charge on any atom is -0.270 e. The Morgan fingerprint density at radius 3 is 2.41 bits per heavy atom. The van der Waals surface area contributed by atoms with Gasteiger partial charge in [0.25, 0.3) is 0 Å². The van der Waals surface area contributed by atoms with Crippen molar-refractivity contribution >= 4 is 11.8 Å². The molecule has 2 aromatic carbocycles. The monoisotopic (exact) mass is 313 g/mol. The van der Waals surface area contributed by atoms with Crippen LogP contribution in [0, 0.1) is 5.82 Å². The number of hydrogen-bond donors (Lipinski definition) is 0. The molecule has 0 aliphatic rings. The zero-order chi connectivity index (χ0) is 15.4. The molecule has 22 heavy (non-hydrogen) atoms. The SMILES string of the molecule is CCCSc1nnc(-c2ccccc2)n1-c1ccc(F)cc1. The molecule has 0 unspecified atom stereocenters. The second-order valence-electron chi connectivity index (χ2n) is 4.83. The maximum atomic E-state index is 13.2. The van der Waals surface area contributed by atoms with E-state index >= 15 is 0 Å². The quantitative estimate of drug-likeness (QED) is 0.646. The van der Waals surface area contributed by atoms with Crippen molar-refractivity contribution < 1.29 is 4.39 Å². The van der Waals surface area contributed by atoms with E-state index < -0.39 is 0 Å². The van der Waals surface area contributed by atoms with Gasteiger partial charge in [0.1, 0.15) is 5.82 Å². The van der Waals surface area contributed by atoms with Crippen LogP contribution in [0.25, 0.3) is 17.1 Å². The van der Waals surface area contributed by atoms with E-state index in [9.17, 15) is 4.39 Å². The molecule has 3 aromatic rings. The molecule has 0 spiro atoms. The molecule has 0 bridgehead atoms. The highest BCUT2D eigenvalue weighted by molar-refractivity contribution is 7.99. The average Bonchev–Trinajstić information content (AvgIpc) is 2.98. The number of rotatable bonds is 5. The van der Waals surface area contributed by atoms with Gasteiger partial charge in [-0.15, -0.1) is 10.2 Å². The van der Waals surface area contributed by atoms with Gasteiger partial charge in [-0.05, 0) is 30.7 Å². The number of aromatic nitrogens is 3. The van der Waals surface area contributed by atoms with Gasteiger partial charge >= 0.3 is 0 Å². The Morgan fingerprint density at radius 1 is 1.00 bits per heavy atom. The van der Waals surface area contributed by atoms with Gasteiger partial charge in [0.2, 0.25) is 0 Å². The Balaban J connectivity index is 2.11. The maximum absolute atomic E-state index is 13.2. The molecule has 3 rings (SSSR count). The molecule has 112 valence electrons. The topological polar surface area (TPSA) is 30.7 Å². The van der Waals surface area contributed by atoms with Crippen LogP contribution >= 0.6 is 11.8 Å². The predicted octanol–water partition coefficient (Wildman–Crippen LogP) is 4.58. The van der Waals surface area contributed by atoms with Crippen LogP contribution in [0.5, 0.6) is 0 Å². The molecule has 0 aliphatic heterocycles. The van der Waals surface area contributed by atoms with E-state index in [0.29, 0.717) is 0 Å². The minimum absolute atomic E-state index is 0.249. The molecule has 5 heteroatoms. The lowest BCUT2D eigenvalue weighted by atomic mass is 10.2. The summed E-state index contributed by atoms with van der Waals surface area (Å²) in [5.74, 6) is 1.49. The molecule has 0 atom stereocenters. The second kappa shape index (κ2) is 6.75. The first kappa shape index (κ1) is 14.8. The Hall–Kier alpha value is -2.14. The summed E-state index contributed by atoms with van der Waals surface area (Å²) in [5, 5.41) is 9.47. The summed E-state index contributed by atoms with van der Waals surface area (Å²) < 4.78 is 15.2. The van der Waals surface area contributed by atoms with E-state index in [4.69, 9.17) is 0 Å². The number of thioether (sulfide) groups is 1. The van der Waals surface area contributed by atoms with E-state index in [1.807, 2.05) is 34.9 Å². The molecule has 0 fully saturated rings. The predicted molar refractivity (Wildman–Crippen MR) is 87.8 cm³/mol. The summed E-state index contributed by atoms with van der Waals surface area (Å²) in [6.07, 6.45) is 1.06. The van der Waals surface area contributed by atoms with Crippen LogP contribution < -0.4 is 0 Å². The first-order valence-electron chi connectivity index (χ1n) is 7.19. The average molecular weight is 313 g/mol. The van der Waals surface area contributed by atoms with Gasteiger partial charge in [-0.1, -0.05) is 49.0 Å². The molecule has 0 radical (unpaired) electrons. The molecule has 0 saturated heterocycles. The maximum Gasteiger partial charge on any atom is 0.196 e. The number of halogens is 1. The normalized spacial score (nSPS) is 10.8. The van der Waals surface area contributed by atoms with E-state index in [0.717, 1.165) is 34.4 Å². The van der Waals surface area contributed by atoms with Crippen molar-refractivity contribution in [2.45, 2.75) is 18.5 Å².